The molecule has 0 N–H and O–H groups in total. The van der Waals surface area contributed by atoms with Crippen molar-refractivity contribution in [1.29, 1.82) is 0 Å². The fourth-order valence-corrected chi connectivity index (χ4v) is 3.78. The standard InChI is InChI=1S/C20H30N2/c1-16-17(18-8-5-6-10-19(18)21(16)4)9-7-13-22-14-11-20(2,3)12-15-22/h5-6,8,10H,7,9,11-15H2,1-4H3. The van der Waals surface area contributed by atoms with Crippen LogP contribution < -0.4 is 0 Å². The van der Waals surface area contributed by atoms with Gasteiger partial charge in [-0.3, -0.25) is 0 Å². The van der Waals surface area contributed by atoms with Crippen molar-refractivity contribution in [2.75, 3.05) is 19.6 Å². The average molecular weight is 298 g/mol. The van der Waals surface area contributed by atoms with Gasteiger partial charge in [0.15, 0.2) is 0 Å². The van der Waals surface area contributed by atoms with Gasteiger partial charge in [-0.25, -0.2) is 0 Å². The summed E-state index contributed by atoms with van der Waals surface area (Å²) in [4.78, 5) is 2.66. The maximum Gasteiger partial charge on any atom is 0.0482 e. The van der Waals surface area contributed by atoms with Crippen LogP contribution in [0.1, 0.15) is 44.4 Å². The largest absolute Gasteiger partial charge is 0.348 e. The molecule has 2 nitrogen and oxygen atoms in total. The molecule has 0 atom stereocenters. The highest BCUT2D eigenvalue weighted by molar-refractivity contribution is 5.85. The molecule has 0 spiro atoms. The van der Waals surface area contributed by atoms with Crippen molar-refractivity contribution in [1.82, 2.24) is 9.47 Å². The summed E-state index contributed by atoms with van der Waals surface area (Å²) in [5.74, 6) is 0. The Labute approximate surface area is 135 Å². The number of para-hydroxylation sites is 1. The molecule has 3 rings (SSSR count). The van der Waals surface area contributed by atoms with Gasteiger partial charge in [0.2, 0.25) is 0 Å². The van der Waals surface area contributed by atoms with Crippen LogP contribution in [0.2, 0.25) is 0 Å². The summed E-state index contributed by atoms with van der Waals surface area (Å²) in [7, 11) is 2.19. The van der Waals surface area contributed by atoms with Gasteiger partial charge in [0, 0.05) is 23.6 Å². The smallest absolute Gasteiger partial charge is 0.0482 e. The fraction of sp³-hybridized carbons (Fsp3) is 0.600. The van der Waals surface area contributed by atoms with Gasteiger partial charge in [-0.05, 0) is 69.3 Å². The van der Waals surface area contributed by atoms with E-state index in [1.165, 1.54) is 61.9 Å². The van der Waals surface area contributed by atoms with E-state index in [1.807, 2.05) is 0 Å². The Kier molecular flexibility index (Phi) is 4.31. The predicted octanol–water partition coefficient (Wildman–Crippen LogP) is 4.54. The van der Waals surface area contributed by atoms with Crippen LogP contribution in [0.5, 0.6) is 0 Å². The quantitative estimate of drug-likeness (QED) is 0.804. The first-order valence-corrected chi connectivity index (χ1v) is 8.73. The van der Waals surface area contributed by atoms with Crippen LogP contribution in [-0.2, 0) is 13.5 Å². The van der Waals surface area contributed by atoms with Gasteiger partial charge in [-0.2, -0.15) is 0 Å². The van der Waals surface area contributed by atoms with Crippen molar-refractivity contribution in [3.8, 4) is 0 Å². The summed E-state index contributed by atoms with van der Waals surface area (Å²) in [5.41, 5.74) is 4.91. The van der Waals surface area contributed by atoms with Crippen LogP contribution >= 0.6 is 0 Å². The van der Waals surface area contributed by atoms with E-state index in [-0.39, 0.29) is 0 Å². The van der Waals surface area contributed by atoms with Gasteiger partial charge >= 0.3 is 0 Å². The second-order valence-corrected chi connectivity index (χ2v) is 7.75. The van der Waals surface area contributed by atoms with E-state index in [2.05, 4.69) is 61.6 Å². The van der Waals surface area contributed by atoms with Crippen LogP contribution in [0.15, 0.2) is 24.3 Å². The molecule has 1 fully saturated rings. The number of aryl methyl sites for hydroxylation is 2. The number of fused-ring (bicyclic) bond motifs is 1. The van der Waals surface area contributed by atoms with Crippen LogP contribution in [0.3, 0.4) is 0 Å². The fourth-order valence-electron chi connectivity index (χ4n) is 3.78. The van der Waals surface area contributed by atoms with Gasteiger partial charge in [0.1, 0.15) is 0 Å². The van der Waals surface area contributed by atoms with E-state index in [1.54, 1.807) is 5.56 Å². The zero-order chi connectivity index (χ0) is 15.7. The van der Waals surface area contributed by atoms with Crippen LogP contribution in [0, 0.1) is 12.3 Å². The number of benzene rings is 1. The Bertz CT molecular complexity index is 641. The van der Waals surface area contributed by atoms with E-state index in [4.69, 9.17) is 0 Å². The summed E-state index contributed by atoms with van der Waals surface area (Å²) >= 11 is 0. The lowest BCUT2D eigenvalue weighted by Crippen LogP contribution is -2.37. The zero-order valence-corrected chi connectivity index (χ0v) is 14.7. The first-order valence-electron chi connectivity index (χ1n) is 8.73. The Balaban J connectivity index is 1.62. The van der Waals surface area contributed by atoms with Crippen molar-refractivity contribution in [3.05, 3.63) is 35.5 Å². The van der Waals surface area contributed by atoms with Gasteiger partial charge in [-0.1, -0.05) is 32.0 Å². The Morgan fingerprint density at radius 3 is 2.50 bits per heavy atom. The van der Waals surface area contributed by atoms with Crippen LogP contribution in [0.4, 0.5) is 0 Å². The molecular formula is C20H30N2. The summed E-state index contributed by atoms with van der Waals surface area (Å²) in [6.07, 6.45) is 5.17. The molecule has 2 aromatic rings. The summed E-state index contributed by atoms with van der Waals surface area (Å²) in [6, 6.07) is 8.82. The number of piperidine rings is 1. The van der Waals surface area contributed by atoms with Crippen LogP contribution in [0.25, 0.3) is 10.9 Å². The maximum absolute atomic E-state index is 2.66. The van der Waals surface area contributed by atoms with Crippen molar-refractivity contribution < 1.29 is 0 Å². The molecule has 0 aliphatic carbocycles. The van der Waals surface area contributed by atoms with Crippen molar-refractivity contribution in [3.63, 3.8) is 0 Å². The first-order chi connectivity index (χ1) is 10.5. The van der Waals surface area contributed by atoms with E-state index >= 15 is 0 Å². The second-order valence-electron chi connectivity index (χ2n) is 7.75. The predicted molar refractivity (Wildman–Crippen MR) is 95.4 cm³/mol. The van der Waals surface area contributed by atoms with Crippen molar-refractivity contribution in [2.45, 2.75) is 46.5 Å². The lowest BCUT2D eigenvalue weighted by Gasteiger charge is -2.36. The maximum atomic E-state index is 2.66. The molecule has 0 amide bonds. The highest BCUT2D eigenvalue weighted by Crippen LogP contribution is 2.30. The number of hydrogen-bond acceptors (Lipinski definition) is 1. The molecule has 0 unspecified atom stereocenters. The molecule has 2 heteroatoms. The van der Waals surface area contributed by atoms with Crippen molar-refractivity contribution >= 4 is 10.9 Å². The molecule has 22 heavy (non-hydrogen) atoms. The Hall–Kier alpha value is -1.28. The van der Waals surface area contributed by atoms with Crippen LogP contribution in [-0.4, -0.2) is 29.1 Å². The summed E-state index contributed by atoms with van der Waals surface area (Å²) in [6.45, 7) is 10.9. The van der Waals surface area contributed by atoms with E-state index in [0.29, 0.717) is 5.41 Å². The topological polar surface area (TPSA) is 8.17 Å². The number of rotatable bonds is 4. The first kappa shape index (κ1) is 15.6. The minimum absolute atomic E-state index is 0.558. The number of aromatic nitrogens is 1. The SMILES string of the molecule is Cc1c(CCCN2CCC(C)(C)CC2)c2ccccc2n1C. The Morgan fingerprint density at radius 2 is 1.77 bits per heavy atom. The lowest BCUT2D eigenvalue weighted by molar-refractivity contribution is 0.132. The number of nitrogens with zero attached hydrogens (tertiary/aromatic N) is 2. The second kappa shape index (κ2) is 6.08. The highest BCUT2D eigenvalue weighted by Gasteiger charge is 2.24. The third-order valence-electron chi connectivity index (χ3n) is 5.64. The third kappa shape index (κ3) is 3.08. The molecule has 2 heterocycles. The van der Waals surface area contributed by atoms with E-state index in [0.717, 1.165) is 0 Å². The molecule has 120 valence electrons. The lowest BCUT2D eigenvalue weighted by atomic mass is 9.82. The number of likely N-dealkylation sites (tertiary alicyclic amines) is 1. The summed E-state index contributed by atoms with van der Waals surface area (Å²) in [5, 5.41) is 1.45. The van der Waals surface area contributed by atoms with Gasteiger partial charge in [0.05, 0.1) is 0 Å². The van der Waals surface area contributed by atoms with Gasteiger partial charge < -0.3 is 9.47 Å². The highest BCUT2D eigenvalue weighted by atomic mass is 15.1. The summed E-state index contributed by atoms with van der Waals surface area (Å²) < 4.78 is 2.34. The molecule has 0 bridgehead atoms. The number of hydrogen-bond donors (Lipinski definition) is 0. The molecule has 1 aliphatic heterocycles. The minimum atomic E-state index is 0.558. The molecule has 0 saturated carbocycles. The average Bonchev–Trinajstić information content (AvgIpc) is 2.74. The molecule has 0 radical (unpaired) electrons. The molecule has 1 aromatic carbocycles. The minimum Gasteiger partial charge on any atom is -0.348 e. The monoisotopic (exact) mass is 298 g/mol. The Morgan fingerprint density at radius 1 is 1.09 bits per heavy atom. The molecular weight excluding hydrogens is 268 g/mol. The zero-order valence-electron chi connectivity index (χ0n) is 14.7. The molecule has 1 aromatic heterocycles. The van der Waals surface area contributed by atoms with Gasteiger partial charge in [-0.15, -0.1) is 0 Å². The van der Waals surface area contributed by atoms with Crippen molar-refractivity contribution in [2.24, 2.45) is 12.5 Å². The third-order valence-corrected chi connectivity index (χ3v) is 5.64. The van der Waals surface area contributed by atoms with Gasteiger partial charge in [0.25, 0.3) is 0 Å². The normalized spacial score (nSPS) is 18.9. The van der Waals surface area contributed by atoms with E-state index < -0.39 is 0 Å². The molecule has 1 aliphatic rings. The van der Waals surface area contributed by atoms with E-state index in [9.17, 15) is 0 Å². The molecule has 1 saturated heterocycles.